The Bertz CT molecular complexity index is 2260. The summed E-state index contributed by atoms with van der Waals surface area (Å²) in [6, 6.07) is 20.9. The molecule has 3 aliphatic carbocycles. The number of nitrogens with one attached hydrogen (secondary N) is 1. The molecule has 5 fully saturated rings. The molecule has 2 aliphatic heterocycles. The number of hydrogen-bond donors (Lipinski definition) is 2. The molecule has 5 aliphatic rings. The molecule has 52 heavy (non-hydrogen) atoms. The monoisotopic (exact) mass is 697 g/mol. The van der Waals surface area contributed by atoms with Crippen LogP contribution in [-0.2, 0) is 11.3 Å². The van der Waals surface area contributed by atoms with Gasteiger partial charge in [0.15, 0.2) is 5.88 Å². The molecule has 2 bridgehead atoms. The van der Waals surface area contributed by atoms with Crippen molar-refractivity contribution in [3.63, 3.8) is 0 Å². The van der Waals surface area contributed by atoms with Crippen LogP contribution in [0.1, 0.15) is 97.6 Å². The van der Waals surface area contributed by atoms with E-state index in [1.807, 2.05) is 21.4 Å². The molecule has 268 valence electrons. The summed E-state index contributed by atoms with van der Waals surface area (Å²) in [5.41, 5.74) is 13.3. The maximum Gasteiger partial charge on any atom is 0.254 e. The topological polar surface area (TPSA) is 120 Å². The smallest absolute Gasteiger partial charge is 0.254 e. The highest BCUT2D eigenvalue weighted by atomic mass is 16.5. The molecule has 7 atom stereocenters. The van der Waals surface area contributed by atoms with Crippen LogP contribution in [-0.4, -0.2) is 60.9 Å². The molecule has 2 amide bonds. The Kier molecular flexibility index (Phi) is 7.17. The van der Waals surface area contributed by atoms with Gasteiger partial charge in [-0.2, -0.15) is 0 Å². The first-order valence-electron chi connectivity index (χ1n) is 19.3. The summed E-state index contributed by atoms with van der Waals surface area (Å²) >= 11 is 0. The second-order valence-electron chi connectivity index (χ2n) is 16.4. The van der Waals surface area contributed by atoms with E-state index in [-0.39, 0.29) is 41.4 Å². The Morgan fingerprint density at radius 3 is 2.54 bits per heavy atom. The van der Waals surface area contributed by atoms with Gasteiger partial charge < -0.3 is 25.3 Å². The SMILES string of the molecule is COc1cc(C(=O)N2[C@H]3CC[C@@H]2[C@H](N)C3)cc2nc(-c3cc4ccc([C@@H](C)NC(=O)C56CCC5C(c5ccccc5)C6)nc4n3CC3CC3)c(C)n12. The lowest BCUT2D eigenvalue weighted by Gasteiger charge is -2.62. The highest BCUT2D eigenvalue weighted by Crippen LogP contribution is 2.68. The van der Waals surface area contributed by atoms with Crippen molar-refractivity contribution in [1.82, 2.24) is 29.2 Å². The molecular formula is C42H47N7O3. The third-order valence-electron chi connectivity index (χ3n) is 13.5. The Morgan fingerprint density at radius 2 is 1.87 bits per heavy atom. The fourth-order valence-electron chi connectivity index (χ4n) is 10.3. The third kappa shape index (κ3) is 4.72. The molecule has 0 spiro atoms. The molecule has 1 aromatic carbocycles. The van der Waals surface area contributed by atoms with E-state index in [2.05, 4.69) is 72.3 Å². The quantitative estimate of drug-likeness (QED) is 0.181. The predicted octanol–water partition coefficient (Wildman–Crippen LogP) is 6.54. The van der Waals surface area contributed by atoms with Crippen molar-refractivity contribution in [1.29, 1.82) is 0 Å². The number of pyridine rings is 2. The Labute approximate surface area is 303 Å². The van der Waals surface area contributed by atoms with Crippen LogP contribution >= 0.6 is 0 Å². The number of fused-ring (bicyclic) bond motifs is 5. The standard InChI is InChI=1S/C42H47N7O3/c1-23(44-41(51)42-16-15-31(42)30(21-42)26-7-5-4-6-8-26)33-13-11-27-17-35(47(39(27)45-33)22-25-9-10-25)38-24(2)48-36(46-38)18-28(19-37(48)52-3)40(50)49-29-12-14-34(49)32(43)20-29/h4-8,11,13,17-19,23,25,29-32,34H,9-10,12,14-16,20-22,43H2,1-3H3,(H,44,51)/t23-,29+,30?,31?,32-,34-,42?/m1/s1. The second-order valence-corrected chi connectivity index (χ2v) is 16.4. The van der Waals surface area contributed by atoms with Gasteiger partial charge in [0.1, 0.15) is 17.0 Å². The molecule has 10 rings (SSSR count). The van der Waals surface area contributed by atoms with Crippen LogP contribution in [0.25, 0.3) is 28.1 Å². The molecule has 4 aromatic heterocycles. The average Bonchev–Trinajstić information content (AvgIpc) is 3.46. The number of amides is 2. The lowest BCUT2D eigenvalue weighted by Crippen LogP contribution is -2.62. The summed E-state index contributed by atoms with van der Waals surface area (Å²) in [5, 5.41) is 4.42. The van der Waals surface area contributed by atoms with Gasteiger partial charge in [0, 0.05) is 41.7 Å². The number of nitrogens with two attached hydrogens (primary N) is 1. The van der Waals surface area contributed by atoms with Crippen molar-refractivity contribution in [3.8, 4) is 17.3 Å². The Morgan fingerprint density at radius 1 is 1.04 bits per heavy atom. The average molecular weight is 698 g/mol. The molecule has 3 N–H and O–H groups in total. The van der Waals surface area contributed by atoms with Crippen LogP contribution in [0, 0.1) is 24.2 Å². The number of aromatic nitrogens is 4. The highest BCUT2D eigenvalue weighted by molar-refractivity contribution is 5.97. The number of rotatable bonds is 9. The minimum absolute atomic E-state index is 0.00462. The number of methoxy groups -OCH3 is 1. The van der Waals surface area contributed by atoms with Gasteiger partial charge in [0.2, 0.25) is 5.91 Å². The van der Waals surface area contributed by atoms with Crippen molar-refractivity contribution in [2.75, 3.05) is 7.11 Å². The van der Waals surface area contributed by atoms with E-state index in [1.54, 1.807) is 7.11 Å². The van der Waals surface area contributed by atoms with Crippen molar-refractivity contribution in [2.24, 2.45) is 23.0 Å². The molecule has 10 nitrogen and oxygen atoms in total. The molecular weight excluding hydrogens is 651 g/mol. The minimum Gasteiger partial charge on any atom is -0.482 e. The summed E-state index contributed by atoms with van der Waals surface area (Å²) in [5.74, 6) is 2.25. The largest absolute Gasteiger partial charge is 0.482 e. The van der Waals surface area contributed by atoms with Crippen molar-refractivity contribution < 1.29 is 14.3 Å². The van der Waals surface area contributed by atoms with Crippen molar-refractivity contribution >= 4 is 28.5 Å². The molecule has 3 saturated carbocycles. The van der Waals surface area contributed by atoms with Crippen molar-refractivity contribution in [2.45, 2.75) is 102 Å². The van der Waals surface area contributed by atoms with Gasteiger partial charge in [-0.05, 0) is 113 Å². The third-order valence-corrected chi connectivity index (χ3v) is 13.5. The molecule has 0 radical (unpaired) electrons. The van der Waals surface area contributed by atoms with Gasteiger partial charge in [-0.15, -0.1) is 0 Å². The van der Waals surface area contributed by atoms with Crippen molar-refractivity contribution in [3.05, 3.63) is 83.2 Å². The van der Waals surface area contributed by atoms with Crippen LogP contribution in [0.2, 0.25) is 0 Å². The van der Waals surface area contributed by atoms with Gasteiger partial charge in [-0.1, -0.05) is 30.3 Å². The van der Waals surface area contributed by atoms with E-state index in [0.29, 0.717) is 34.8 Å². The van der Waals surface area contributed by atoms with Crippen LogP contribution in [0.15, 0.2) is 60.7 Å². The number of imidazole rings is 1. The number of carbonyl (C=O) groups excluding carboxylic acids is 2. The first-order chi connectivity index (χ1) is 25.2. The summed E-state index contributed by atoms with van der Waals surface area (Å²) in [4.78, 5) is 40.1. The van der Waals surface area contributed by atoms with E-state index in [4.69, 9.17) is 20.4 Å². The summed E-state index contributed by atoms with van der Waals surface area (Å²) in [6.45, 7) is 4.97. The van der Waals surface area contributed by atoms with Gasteiger partial charge in [0.25, 0.3) is 5.91 Å². The van der Waals surface area contributed by atoms with Crippen LogP contribution in [0.5, 0.6) is 5.88 Å². The summed E-state index contributed by atoms with van der Waals surface area (Å²) < 4.78 is 10.2. The fraction of sp³-hybridized carbons (Fsp3) is 0.476. The number of ether oxygens (including phenoxy) is 1. The van der Waals surface area contributed by atoms with Crippen LogP contribution in [0.4, 0.5) is 0 Å². The number of carbonyl (C=O) groups is 2. The highest BCUT2D eigenvalue weighted by Gasteiger charge is 2.64. The van der Waals surface area contributed by atoms with E-state index in [9.17, 15) is 9.59 Å². The minimum atomic E-state index is -0.245. The normalized spacial score (nSPS) is 28.1. The van der Waals surface area contributed by atoms with Gasteiger partial charge >= 0.3 is 0 Å². The van der Waals surface area contributed by atoms with Gasteiger partial charge in [0.05, 0.1) is 35.6 Å². The number of benzene rings is 1. The zero-order valence-corrected chi connectivity index (χ0v) is 30.2. The Hall–Kier alpha value is -4.70. The molecule has 3 unspecified atom stereocenters. The first kappa shape index (κ1) is 32.0. The predicted molar refractivity (Wildman–Crippen MR) is 199 cm³/mol. The summed E-state index contributed by atoms with van der Waals surface area (Å²) in [6.07, 6.45) is 8.24. The van der Waals surface area contributed by atoms with E-state index < -0.39 is 0 Å². The van der Waals surface area contributed by atoms with Gasteiger partial charge in [-0.3, -0.25) is 14.0 Å². The first-order valence-corrected chi connectivity index (χ1v) is 19.3. The molecule has 6 heterocycles. The lowest BCUT2D eigenvalue weighted by molar-refractivity contribution is -0.163. The number of nitrogens with zero attached hydrogens (tertiary/aromatic N) is 5. The Balaban J connectivity index is 0.961. The maximum absolute atomic E-state index is 13.9. The zero-order valence-electron chi connectivity index (χ0n) is 30.2. The van der Waals surface area contributed by atoms with Gasteiger partial charge in [-0.25, -0.2) is 9.97 Å². The molecule has 10 heteroatoms. The number of aryl methyl sites for hydroxylation is 1. The fourth-order valence-corrected chi connectivity index (χ4v) is 10.3. The van der Waals surface area contributed by atoms with E-state index >= 15 is 0 Å². The van der Waals surface area contributed by atoms with E-state index in [0.717, 1.165) is 78.9 Å². The zero-order chi connectivity index (χ0) is 35.5. The van der Waals surface area contributed by atoms with Crippen LogP contribution < -0.4 is 15.8 Å². The molecule has 5 aromatic rings. The molecule has 2 saturated heterocycles. The lowest BCUT2D eigenvalue weighted by atomic mass is 9.41. The van der Waals surface area contributed by atoms with Crippen LogP contribution in [0.3, 0.4) is 0 Å². The maximum atomic E-state index is 13.9. The number of hydrogen-bond acceptors (Lipinski definition) is 6. The van der Waals surface area contributed by atoms with E-state index in [1.165, 1.54) is 18.4 Å². The second kappa shape index (κ2) is 11.7. The summed E-state index contributed by atoms with van der Waals surface area (Å²) in [7, 11) is 1.64.